The van der Waals surface area contributed by atoms with Gasteiger partial charge < -0.3 is 25.8 Å². The molecule has 0 aromatic carbocycles. The fourth-order valence-corrected chi connectivity index (χ4v) is 2.66. The van der Waals surface area contributed by atoms with Crippen molar-refractivity contribution in [3.63, 3.8) is 0 Å². The van der Waals surface area contributed by atoms with Gasteiger partial charge in [-0.05, 0) is 6.92 Å². The first-order valence-electron chi connectivity index (χ1n) is 9.15. The van der Waals surface area contributed by atoms with Crippen LogP contribution in [0.4, 0.5) is 0 Å². The Morgan fingerprint density at radius 2 is 1.72 bits per heavy atom. The smallest absolute Gasteiger partial charge is 0.313 e. The molecule has 0 aliphatic carbocycles. The van der Waals surface area contributed by atoms with Crippen molar-refractivity contribution in [2.45, 2.75) is 39.7 Å². The van der Waals surface area contributed by atoms with Crippen molar-refractivity contribution in [2.24, 2.45) is 5.41 Å². The molecule has 0 aromatic heterocycles. The van der Waals surface area contributed by atoms with Crippen molar-refractivity contribution in [1.29, 1.82) is 0 Å². The molecule has 0 bridgehead atoms. The van der Waals surface area contributed by atoms with Crippen LogP contribution in [0.25, 0.3) is 0 Å². The van der Waals surface area contributed by atoms with Crippen LogP contribution >= 0.6 is 11.8 Å². The predicted octanol–water partition coefficient (Wildman–Crippen LogP) is -1.00. The van der Waals surface area contributed by atoms with Gasteiger partial charge in [-0.2, -0.15) is 11.8 Å². The van der Waals surface area contributed by atoms with Crippen LogP contribution in [-0.2, 0) is 28.7 Å². The van der Waals surface area contributed by atoms with Gasteiger partial charge >= 0.3 is 5.97 Å². The topological polar surface area (TPSA) is 151 Å². The fourth-order valence-electron chi connectivity index (χ4n) is 1.94. The number of rotatable bonds is 14. The van der Waals surface area contributed by atoms with Crippen molar-refractivity contribution in [3.8, 4) is 0 Å². The van der Waals surface area contributed by atoms with E-state index in [1.54, 1.807) is 20.9 Å². The number of Topliss-reactive ketones (excluding diaryl/α,β-unsaturated/α-hetero) is 1. The molecule has 0 aliphatic heterocycles. The quantitative estimate of drug-likeness (QED) is 0.155. The number of carbonyl (C=O) groups is 5. The number of aliphatic hydroxyl groups excluding tert-OH is 1. The first kappa shape index (κ1) is 26.9. The zero-order valence-electron chi connectivity index (χ0n) is 17.3. The zero-order chi connectivity index (χ0) is 22.4. The van der Waals surface area contributed by atoms with Gasteiger partial charge in [-0.1, -0.05) is 13.8 Å². The standard InChI is InChI=1S/C18H31N3O7S/c1-12(22)9-15(25)28-11-18(2,3)16(26)17(27)21-6-5-13(23)20-7-8-29-10-14(24)19-4/h16,26H,5-11H2,1-4H3,(H,19,24)(H,20,23)(H,21,27)/t16-/m1/s1. The van der Waals surface area contributed by atoms with Crippen LogP contribution in [0.1, 0.15) is 33.6 Å². The maximum Gasteiger partial charge on any atom is 0.313 e. The summed E-state index contributed by atoms with van der Waals surface area (Å²) in [5.74, 6) is -1.19. The molecule has 0 unspecified atom stereocenters. The second-order valence-corrected chi connectivity index (χ2v) is 8.15. The summed E-state index contributed by atoms with van der Waals surface area (Å²) in [4.78, 5) is 57.1. The number of hydrogen-bond donors (Lipinski definition) is 4. The molecular formula is C18H31N3O7S. The number of ether oxygens (including phenoxy) is 1. The molecule has 0 saturated heterocycles. The van der Waals surface area contributed by atoms with E-state index >= 15 is 0 Å². The van der Waals surface area contributed by atoms with Crippen molar-refractivity contribution in [1.82, 2.24) is 16.0 Å². The Morgan fingerprint density at radius 3 is 2.31 bits per heavy atom. The highest BCUT2D eigenvalue weighted by atomic mass is 32.2. The van der Waals surface area contributed by atoms with Crippen LogP contribution in [-0.4, -0.2) is 78.9 Å². The number of nitrogens with one attached hydrogen (secondary N) is 3. The van der Waals surface area contributed by atoms with Crippen LogP contribution < -0.4 is 16.0 Å². The molecule has 166 valence electrons. The van der Waals surface area contributed by atoms with E-state index in [0.29, 0.717) is 18.1 Å². The molecule has 10 nitrogen and oxygen atoms in total. The van der Waals surface area contributed by atoms with E-state index in [-0.39, 0.29) is 43.6 Å². The Kier molecular flexibility index (Phi) is 12.9. The lowest BCUT2D eigenvalue weighted by atomic mass is 9.87. The lowest BCUT2D eigenvalue weighted by Crippen LogP contribution is -2.47. The fraction of sp³-hybridized carbons (Fsp3) is 0.722. The van der Waals surface area contributed by atoms with E-state index in [0.717, 1.165) is 0 Å². The van der Waals surface area contributed by atoms with Gasteiger partial charge in [0.15, 0.2) is 0 Å². The van der Waals surface area contributed by atoms with Crippen molar-refractivity contribution in [2.75, 3.05) is 38.2 Å². The van der Waals surface area contributed by atoms with Gasteiger partial charge in [0.2, 0.25) is 17.7 Å². The molecule has 0 radical (unpaired) electrons. The maximum absolute atomic E-state index is 12.1. The molecule has 1 atom stereocenters. The summed E-state index contributed by atoms with van der Waals surface area (Å²) >= 11 is 1.39. The summed E-state index contributed by atoms with van der Waals surface area (Å²) in [5, 5.41) is 17.8. The number of aliphatic hydroxyl groups is 1. The second-order valence-electron chi connectivity index (χ2n) is 7.05. The molecule has 0 rings (SSSR count). The van der Waals surface area contributed by atoms with Crippen LogP contribution in [0.5, 0.6) is 0 Å². The second kappa shape index (κ2) is 13.9. The number of amides is 3. The van der Waals surface area contributed by atoms with E-state index in [2.05, 4.69) is 16.0 Å². The third kappa shape index (κ3) is 12.8. The highest BCUT2D eigenvalue weighted by molar-refractivity contribution is 7.99. The normalized spacial score (nSPS) is 11.9. The van der Waals surface area contributed by atoms with E-state index in [4.69, 9.17) is 4.74 Å². The molecular weight excluding hydrogens is 402 g/mol. The van der Waals surface area contributed by atoms with Crippen LogP contribution in [0, 0.1) is 5.41 Å². The van der Waals surface area contributed by atoms with Crippen molar-refractivity contribution < 1.29 is 33.8 Å². The van der Waals surface area contributed by atoms with Crippen LogP contribution in [0.2, 0.25) is 0 Å². The summed E-state index contributed by atoms with van der Waals surface area (Å²) in [5.41, 5.74) is -1.07. The van der Waals surface area contributed by atoms with Gasteiger partial charge in [0.1, 0.15) is 18.3 Å². The molecule has 11 heteroatoms. The largest absolute Gasteiger partial charge is 0.465 e. The lowest BCUT2D eigenvalue weighted by Gasteiger charge is -2.28. The van der Waals surface area contributed by atoms with E-state index in [1.807, 2.05) is 0 Å². The van der Waals surface area contributed by atoms with E-state index < -0.39 is 23.4 Å². The number of hydrogen-bond acceptors (Lipinski definition) is 8. The van der Waals surface area contributed by atoms with Gasteiger partial charge in [0, 0.05) is 37.7 Å². The van der Waals surface area contributed by atoms with Crippen LogP contribution in [0.15, 0.2) is 0 Å². The Morgan fingerprint density at radius 1 is 1.07 bits per heavy atom. The number of carbonyl (C=O) groups excluding carboxylic acids is 5. The maximum atomic E-state index is 12.1. The average Bonchev–Trinajstić information content (AvgIpc) is 2.64. The first-order chi connectivity index (χ1) is 13.5. The summed E-state index contributed by atoms with van der Waals surface area (Å²) in [6.07, 6.45) is -1.79. The zero-order valence-corrected chi connectivity index (χ0v) is 18.1. The van der Waals surface area contributed by atoms with Gasteiger partial charge in [0.25, 0.3) is 0 Å². The summed E-state index contributed by atoms with van der Waals surface area (Å²) in [6.45, 7) is 4.54. The average molecular weight is 434 g/mol. The molecule has 0 aromatic rings. The van der Waals surface area contributed by atoms with Gasteiger partial charge in [-0.3, -0.25) is 24.0 Å². The molecule has 4 N–H and O–H groups in total. The highest BCUT2D eigenvalue weighted by Crippen LogP contribution is 2.21. The summed E-state index contributed by atoms with van der Waals surface area (Å²) in [6, 6.07) is 0. The molecule has 3 amide bonds. The molecule has 0 heterocycles. The Hall–Kier alpha value is -2.14. The molecule has 0 saturated carbocycles. The van der Waals surface area contributed by atoms with Gasteiger partial charge in [0.05, 0.1) is 12.4 Å². The Balaban J connectivity index is 4.09. The highest BCUT2D eigenvalue weighted by Gasteiger charge is 2.35. The monoisotopic (exact) mass is 433 g/mol. The number of thioether (sulfide) groups is 1. The Labute approximate surface area is 174 Å². The van der Waals surface area contributed by atoms with E-state index in [1.165, 1.54) is 18.7 Å². The molecule has 0 spiro atoms. The SMILES string of the molecule is CNC(=O)CSCCNC(=O)CCNC(=O)[C@@H](O)C(C)(C)COC(=O)CC(C)=O. The summed E-state index contributed by atoms with van der Waals surface area (Å²) < 4.78 is 4.93. The minimum absolute atomic E-state index is 0.0343. The minimum Gasteiger partial charge on any atom is -0.465 e. The van der Waals surface area contributed by atoms with Crippen LogP contribution in [0.3, 0.4) is 0 Å². The van der Waals surface area contributed by atoms with Crippen molar-refractivity contribution >= 4 is 41.2 Å². The number of ketones is 1. The Bertz CT molecular complexity index is 596. The third-order valence-electron chi connectivity index (χ3n) is 3.72. The lowest BCUT2D eigenvalue weighted by molar-refractivity contribution is -0.154. The first-order valence-corrected chi connectivity index (χ1v) is 10.3. The molecule has 0 aliphatic rings. The minimum atomic E-state index is -1.46. The number of esters is 1. The van der Waals surface area contributed by atoms with E-state index in [9.17, 15) is 29.1 Å². The molecule has 29 heavy (non-hydrogen) atoms. The van der Waals surface area contributed by atoms with Gasteiger partial charge in [-0.15, -0.1) is 0 Å². The molecule has 0 fully saturated rings. The summed E-state index contributed by atoms with van der Waals surface area (Å²) in [7, 11) is 1.55. The van der Waals surface area contributed by atoms with Gasteiger partial charge in [-0.25, -0.2) is 0 Å². The predicted molar refractivity (Wildman–Crippen MR) is 108 cm³/mol. The third-order valence-corrected chi connectivity index (χ3v) is 4.68. The van der Waals surface area contributed by atoms with Crippen molar-refractivity contribution in [3.05, 3.63) is 0 Å².